The third-order valence-corrected chi connectivity index (χ3v) is 1.85. The maximum atomic E-state index is 11.2. The van der Waals surface area contributed by atoms with E-state index in [1.54, 1.807) is 6.92 Å². The van der Waals surface area contributed by atoms with Crippen LogP contribution in [0.4, 0.5) is 0 Å². The summed E-state index contributed by atoms with van der Waals surface area (Å²) in [7, 11) is 0. The minimum absolute atomic E-state index is 0.0421. The van der Waals surface area contributed by atoms with Crippen LogP contribution in [0.3, 0.4) is 0 Å². The molecule has 0 bridgehead atoms. The normalized spacial score (nSPS) is 28.5. The molecule has 1 heterocycles. The summed E-state index contributed by atoms with van der Waals surface area (Å²) in [5.41, 5.74) is 9.69. The molecule has 0 saturated carbocycles. The number of carbonyl (C=O) groups excluding carboxylic acids is 1. The molecule has 4 N–H and O–H groups in total. The topological polar surface area (TPSA) is 90.7 Å². The summed E-state index contributed by atoms with van der Waals surface area (Å²) in [4.78, 5) is 14.7. The molecule has 1 amide bonds. The van der Waals surface area contributed by atoms with E-state index in [1.165, 1.54) is 0 Å². The fourth-order valence-corrected chi connectivity index (χ4v) is 1.11. The Balaban J connectivity index is 2.57. The molecule has 0 aliphatic carbocycles. The molecule has 0 saturated heterocycles. The van der Waals surface area contributed by atoms with Gasteiger partial charge in [-0.3, -0.25) is 4.79 Å². The highest BCUT2D eigenvalue weighted by Crippen LogP contribution is 2.23. The lowest BCUT2D eigenvalue weighted by atomic mass is 10.00. The molecule has 0 fully saturated rings. The van der Waals surface area contributed by atoms with Crippen molar-refractivity contribution in [2.24, 2.45) is 16.5 Å². The van der Waals surface area contributed by atoms with Crippen LogP contribution in [0, 0.1) is 0 Å². The molecule has 1 unspecified atom stereocenters. The summed E-state index contributed by atoms with van der Waals surface area (Å²) in [5.74, 6) is -0.312. The molecule has 1 atom stereocenters. The van der Waals surface area contributed by atoms with Gasteiger partial charge in [0.1, 0.15) is 0 Å². The van der Waals surface area contributed by atoms with Crippen LogP contribution in [-0.2, 0) is 9.53 Å². The van der Waals surface area contributed by atoms with E-state index in [1.807, 2.05) is 0 Å². The van der Waals surface area contributed by atoms with Crippen LogP contribution in [0.1, 0.15) is 19.8 Å². The second-order valence-corrected chi connectivity index (χ2v) is 2.98. The minimum Gasteiger partial charge on any atom is -0.449 e. The molecule has 1 aliphatic heterocycles. The summed E-state index contributed by atoms with van der Waals surface area (Å²) in [6.45, 7) is 2.21. The van der Waals surface area contributed by atoms with E-state index in [4.69, 9.17) is 16.2 Å². The van der Waals surface area contributed by atoms with Gasteiger partial charge in [-0.1, -0.05) is 0 Å². The Morgan fingerprint density at radius 3 is 2.75 bits per heavy atom. The quantitative estimate of drug-likeness (QED) is 0.590. The number of amidine groups is 1. The van der Waals surface area contributed by atoms with E-state index >= 15 is 0 Å². The Bertz CT molecular complexity index is 227. The smallest absolute Gasteiger partial charge is 0.294 e. The largest absolute Gasteiger partial charge is 0.449 e. The van der Waals surface area contributed by atoms with E-state index in [2.05, 4.69) is 4.99 Å². The number of aliphatic imine (C=N–C) groups is 1. The maximum absolute atomic E-state index is 11.2. The highest BCUT2D eigenvalue weighted by atomic mass is 16.5. The first-order valence-corrected chi connectivity index (χ1v) is 3.86. The van der Waals surface area contributed by atoms with Crippen molar-refractivity contribution in [2.45, 2.75) is 25.4 Å². The number of carbonyl (C=O) groups is 1. The predicted molar refractivity (Wildman–Crippen MR) is 44.4 cm³/mol. The molecule has 0 aromatic heterocycles. The monoisotopic (exact) mass is 171 g/mol. The van der Waals surface area contributed by atoms with Gasteiger partial charge in [0.15, 0.2) is 5.60 Å². The fraction of sp³-hybridized carbons (Fsp3) is 0.714. The van der Waals surface area contributed by atoms with Gasteiger partial charge in [-0.15, -0.1) is 0 Å². The van der Waals surface area contributed by atoms with Gasteiger partial charge < -0.3 is 16.2 Å². The number of hydrogen-bond acceptors (Lipinski definition) is 4. The zero-order valence-corrected chi connectivity index (χ0v) is 7.04. The van der Waals surface area contributed by atoms with Crippen molar-refractivity contribution < 1.29 is 9.53 Å². The van der Waals surface area contributed by atoms with Crippen LogP contribution in [0.5, 0.6) is 0 Å². The van der Waals surface area contributed by atoms with Crippen molar-refractivity contribution in [3.05, 3.63) is 0 Å². The second-order valence-electron chi connectivity index (χ2n) is 2.98. The highest BCUT2D eigenvalue weighted by Gasteiger charge is 2.40. The average Bonchev–Trinajstić information content (AvgIpc) is 2.23. The van der Waals surface area contributed by atoms with Gasteiger partial charge in [-0.2, -0.15) is 4.99 Å². The van der Waals surface area contributed by atoms with Crippen LogP contribution >= 0.6 is 0 Å². The van der Waals surface area contributed by atoms with E-state index in [-0.39, 0.29) is 11.9 Å². The van der Waals surface area contributed by atoms with Crippen LogP contribution in [0.2, 0.25) is 0 Å². The van der Waals surface area contributed by atoms with Crippen molar-refractivity contribution in [1.29, 1.82) is 0 Å². The summed E-state index contributed by atoms with van der Waals surface area (Å²) in [6.07, 6.45) is 1.29. The van der Waals surface area contributed by atoms with Gasteiger partial charge in [-0.25, -0.2) is 0 Å². The lowest BCUT2D eigenvalue weighted by Gasteiger charge is -2.19. The number of ether oxygens (including phenoxy) is 1. The lowest BCUT2D eigenvalue weighted by Crippen LogP contribution is -2.35. The highest BCUT2D eigenvalue weighted by molar-refractivity contribution is 6.00. The van der Waals surface area contributed by atoms with Gasteiger partial charge in [-0.05, 0) is 26.3 Å². The van der Waals surface area contributed by atoms with E-state index in [9.17, 15) is 4.79 Å². The Morgan fingerprint density at radius 1 is 1.67 bits per heavy atom. The fourth-order valence-electron chi connectivity index (χ4n) is 1.11. The summed E-state index contributed by atoms with van der Waals surface area (Å²) < 4.78 is 5.09. The molecule has 5 nitrogen and oxygen atoms in total. The molecular formula is C7H13N3O2. The summed E-state index contributed by atoms with van der Waals surface area (Å²) in [5, 5.41) is 0. The zero-order chi connectivity index (χ0) is 9.19. The number of nitrogens with two attached hydrogens (primary N) is 2. The third-order valence-electron chi connectivity index (χ3n) is 1.85. The number of amides is 1. The van der Waals surface area contributed by atoms with Gasteiger partial charge in [0.25, 0.3) is 11.9 Å². The van der Waals surface area contributed by atoms with Crippen LogP contribution < -0.4 is 11.5 Å². The second kappa shape index (κ2) is 3.10. The average molecular weight is 171 g/mol. The standard InChI is InChI=1S/C7H13N3O2/c1-7(3-2-4-8)5(11)10-6(9)12-7/h2-4,8H2,1H3,(H2,9,10,11). The molecule has 0 radical (unpaired) electrons. The van der Waals surface area contributed by atoms with Crippen molar-refractivity contribution in [2.75, 3.05) is 6.54 Å². The van der Waals surface area contributed by atoms with Gasteiger partial charge >= 0.3 is 0 Å². The summed E-state index contributed by atoms with van der Waals surface area (Å²) in [6, 6.07) is -0.0421. The van der Waals surface area contributed by atoms with Crippen LogP contribution in [0.25, 0.3) is 0 Å². The summed E-state index contributed by atoms with van der Waals surface area (Å²) >= 11 is 0. The molecule has 68 valence electrons. The Labute approximate surface area is 70.8 Å². The molecule has 5 heteroatoms. The van der Waals surface area contributed by atoms with Crippen molar-refractivity contribution in [1.82, 2.24) is 0 Å². The first kappa shape index (κ1) is 8.99. The van der Waals surface area contributed by atoms with Gasteiger partial charge in [0.05, 0.1) is 0 Å². The number of rotatable bonds is 3. The van der Waals surface area contributed by atoms with E-state index in [0.29, 0.717) is 13.0 Å². The van der Waals surface area contributed by atoms with Crippen molar-refractivity contribution in [3.8, 4) is 0 Å². The van der Waals surface area contributed by atoms with Crippen molar-refractivity contribution in [3.63, 3.8) is 0 Å². The third kappa shape index (κ3) is 1.55. The van der Waals surface area contributed by atoms with E-state index in [0.717, 1.165) is 6.42 Å². The Hall–Kier alpha value is -1.10. The zero-order valence-electron chi connectivity index (χ0n) is 7.04. The SMILES string of the molecule is CC1(CCCN)OC(N)=NC1=O. The minimum atomic E-state index is -0.872. The first-order valence-electron chi connectivity index (χ1n) is 3.86. The Morgan fingerprint density at radius 2 is 2.33 bits per heavy atom. The molecule has 0 aromatic rings. The molecule has 0 spiro atoms. The molecule has 0 aromatic carbocycles. The van der Waals surface area contributed by atoms with Crippen LogP contribution in [0.15, 0.2) is 4.99 Å². The molecule has 1 rings (SSSR count). The van der Waals surface area contributed by atoms with Crippen LogP contribution in [-0.4, -0.2) is 24.1 Å². The maximum Gasteiger partial charge on any atom is 0.294 e. The lowest BCUT2D eigenvalue weighted by molar-refractivity contribution is -0.130. The first-order chi connectivity index (χ1) is 5.58. The van der Waals surface area contributed by atoms with Crippen molar-refractivity contribution >= 4 is 11.9 Å². The van der Waals surface area contributed by atoms with Gasteiger partial charge in [0.2, 0.25) is 0 Å². The molecule has 1 aliphatic rings. The van der Waals surface area contributed by atoms with Gasteiger partial charge in [0, 0.05) is 0 Å². The molecular weight excluding hydrogens is 158 g/mol. The molecule has 12 heavy (non-hydrogen) atoms. The predicted octanol–water partition coefficient (Wildman–Crippen LogP) is -0.644. The number of nitrogens with zero attached hydrogens (tertiary/aromatic N) is 1. The van der Waals surface area contributed by atoms with E-state index < -0.39 is 5.60 Å². The number of hydrogen-bond donors (Lipinski definition) is 2. The Kier molecular flexibility index (Phi) is 2.32.